The van der Waals surface area contributed by atoms with Crippen molar-refractivity contribution in [2.45, 2.75) is 50.5 Å². The van der Waals surface area contributed by atoms with Crippen LogP contribution < -0.4 is 0 Å². The summed E-state index contributed by atoms with van der Waals surface area (Å²) in [5, 5.41) is 25.3. The van der Waals surface area contributed by atoms with Crippen LogP contribution >= 0.6 is 11.6 Å². The summed E-state index contributed by atoms with van der Waals surface area (Å²) in [5.41, 5.74) is 0.900. The first kappa shape index (κ1) is 19.0. The molecule has 9 heteroatoms. The Morgan fingerprint density at radius 1 is 1.16 bits per heavy atom. The Morgan fingerprint density at radius 3 is 2.52 bits per heavy atom. The Hall–Kier alpha value is -2.74. The summed E-state index contributed by atoms with van der Waals surface area (Å²) in [4.78, 5) is 11.4. The summed E-state index contributed by atoms with van der Waals surface area (Å²) in [6.45, 7) is 0. The van der Waals surface area contributed by atoms with Crippen LogP contribution in [0.3, 0.4) is 0 Å². The van der Waals surface area contributed by atoms with E-state index in [4.69, 9.17) is 16.0 Å². The molecule has 7 rings (SSSR count). The van der Waals surface area contributed by atoms with Crippen LogP contribution in [0.15, 0.2) is 34.9 Å². The van der Waals surface area contributed by atoms with Gasteiger partial charge in [0.05, 0.1) is 16.9 Å². The number of nitro groups is 1. The molecule has 160 valence electrons. The maximum Gasteiger partial charge on any atom is 0.320 e. The average Bonchev–Trinajstić information content (AvgIpc) is 3.34. The molecule has 4 bridgehead atoms. The van der Waals surface area contributed by atoms with Gasteiger partial charge in [0.2, 0.25) is 11.6 Å². The van der Waals surface area contributed by atoms with Crippen LogP contribution in [0.1, 0.15) is 50.0 Å². The number of aromatic nitrogens is 4. The van der Waals surface area contributed by atoms with Gasteiger partial charge in [0.1, 0.15) is 6.20 Å². The first-order valence-electron chi connectivity index (χ1n) is 10.8. The Morgan fingerprint density at radius 2 is 1.87 bits per heavy atom. The van der Waals surface area contributed by atoms with Crippen molar-refractivity contribution in [1.82, 2.24) is 20.0 Å². The van der Waals surface area contributed by atoms with E-state index in [1.54, 1.807) is 12.3 Å². The molecule has 0 atom stereocenters. The minimum absolute atomic E-state index is 0.0753. The highest BCUT2D eigenvalue weighted by Crippen LogP contribution is 2.59. The molecule has 4 aliphatic rings. The summed E-state index contributed by atoms with van der Waals surface area (Å²) in [6, 6.07) is 7.40. The van der Waals surface area contributed by atoms with Crippen molar-refractivity contribution in [3.63, 3.8) is 0 Å². The number of benzene rings is 1. The molecule has 3 aromatic rings. The Balaban J connectivity index is 1.34. The van der Waals surface area contributed by atoms with Crippen LogP contribution in [0.25, 0.3) is 11.6 Å². The lowest BCUT2D eigenvalue weighted by Crippen LogP contribution is -2.52. The molecule has 31 heavy (non-hydrogen) atoms. The zero-order chi connectivity index (χ0) is 21.2. The lowest BCUT2D eigenvalue weighted by molar-refractivity contribution is -0.384. The molecule has 0 radical (unpaired) electrons. The fourth-order valence-electron chi connectivity index (χ4n) is 6.48. The van der Waals surface area contributed by atoms with Gasteiger partial charge < -0.3 is 4.42 Å². The third-order valence-electron chi connectivity index (χ3n) is 7.30. The van der Waals surface area contributed by atoms with Gasteiger partial charge in [-0.2, -0.15) is 5.10 Å². The lowest BCUT2D eigenvalue weighted by Gasteiger charge is -2.56. The van der Waals surface area contributed by atoms with E-state index in [0.29, 0.717) is 35.1 Å². The van der Waals surface area contributed by atoms with Crippen LogP contribution in [0.2, 0.25) is 5.02 Å². The SMILES string of the molecule is O=[N+]([O-])c1cn(C23CC4CC(CC(C4)C2)C3)nc1-c1nnc(Cc2cccc(Cl)c2)o1. The van der Waals surface area contributed by atoms with E-state index in [-0.39, 0.29) is 22.8 Å². The number of rotatable bonds is 5. The van der Waals surface area contributed by atoms with Gasteiger partial charge in [0.25, 0.3) is 5.89 Å². The van der Waals surface area contributed by atoms with Crippen molar-refractivity contribution in [2.75, 3.05) is 0 Å². The van der Waals surface area contributed by atoms with Crippen molar-refractivity contribution in [3.8, 4) is 11.6 Å². The van der Waals surface area contributed by atoms with Crippen molar-refractivity contribution < 1.29 is 9.34 Å². The van der Waals surface area contributed by atoms with E-state index in [2.05, 4.69) is 15.3 Å². The highest BCUT2D eigenvalue weighted by Gasteiger charge is 2.53. The highest BCUT2D eigenvalue weighted by atomic mass is 35.5. The fourth-order valence-corrected chi connectivity index (χ4v) is 6.69. The third kappa shape index (κ3) is 3.24. The minimum Gasteiger partial charge on any atom is -0.419 e. The monoisotopic (exact) mass is 439 g/mol. The standard InChI is InChI=1S/C22H22ClN5O3/c23-17-3-1-2-13(7-17)8-19-24-25-21(31-19)20-18(28(29)30)12-27(26-20)22-9-14-4-15(10-22)6-16(5-14)11-22/h1-3,7,12,14-16H,4-6,8-11H2. The fraction of sp³-hybridized carbons (Fsp3) is 0.500. The summed E-state index contributed by atoms with van der Waals surface area (Å²) in [6.07, 6.45) is 9.05. The zero-order valence-corrected chi connectivity index (χ0v) is 17.7. The maximum absolute atomic E-state index is 11.8. The largest absolute Gasteiger partial charge is 0.419 e. The summed E-state index contributed by atoms with van der Waals surface area (Å²) < 4.78 is 7.66. The van der Waals surface area contributed by atoms with Crippen molar-refractivity contribution >= 4 is 17.3 Å². The van der Waals surface area contributed by atoms with E-state index in [1.165, 1.54) is 19.3 Å². The molecule has 8 nitrogen and oxygen atoms in total. The maximum atomic E-state index is 11.8. The quantitative estimate of drug-likeness (QED) is 0.409. The van der Waals surface area contributed by atoms with Crippen molar-refractivity contribution in [1.29, 1.82) is 0 Å². The van der Waals surface area contributed by atoms with E-state index in [1.807, 2.05) is 22.9 Å². The lowest BCUT2D eigenvalue weighted by atomic mass is 9.53. The molecule has 0 spiro atoms. The van der Waals surface area contributed by atoms with Crippen molar-refractivity contribution in [3.05, 3.63) is 57.1 Å². The predicted octanol–water partition coefficient (Wildman–Crippen LogP) is 5.01. The van der Waals surface area contributed by atoms with Gasteiger partial charge in [-0.3, -0.25) is 14.8 Å². The van der Waals surface area contributed by atoms with Gasteiger partial charge in [0, 0.05) is 5.02 Å². The molecule has 4 saturated carbocycles. The number of hydrogen-bond acceptors (Lipinski definition) is 6. The van der Waals surface area contributed by atoms with Crippen molar-refractivity contribution in [2.24, 2.45) is 17.8 Å². The third-order valence-corrected chi connectivity index (χ3v) is 7.53. The van der Waals surface area contributed by atoms with Gasteiger partial charge in [0.15, 0.2) is 0 Å². The molecule has 2 aromatic heterocycles. The van der Waals surface area contributed by atoms with Crippen LogP contribution in [-0.4, -0.2) is 24.9 Å². The van der Waals surface area contributed by atoms with E-state index in [0.717, 1.165) is 24.8 Å². The summed E-state index contributed by atoms with van der Waals surface area (Å²) in [7, 11) is 0. The predicted molar refractivity (Wildman–Crippen MR) is 113 cm³/mol. The highest BCUT2D eigenvalue weighted by molar-refractivity contribution is 6.30. The van der Waals surface area contributed by atoms with E-state index in [9.17, 15) is 10.1 Å². The molecule has 4 aliphatic carbocycles. The van der Waals surface area contributed by atoms with E-state index < -0.39 is 4.92 Å². The molecular weight excluding hydrogens is 418 g/mol. The number of hydrogen-bond donors (Lipinski definition) is 0. The van der Waals surface area contributed by atoms with Gasteiger partial charge in [-0.15, -0.1) is 10.2 Å². The molecule has 0 unspecified atom stereocenters. The first-order chi connectivity index (χ1) is 15.0. The molecule has 0 saturated heterocycles. The second-order valence-corrected chi connectivity index (χ2v) is 9.95. The summed E-state index contributed by atoms with van der Waals surface area (Å²) >= 11 is 6.05. The molecule has 4 fully saturated rings. The Labute approximate surface area is 183 Å². The van der Waals surface area contributed by atoms with Gasteiger partial charge in [-0.25, -0.2) is 0 Å². The Bertz CT molecular complexity index is 1130. The second-order valence-electron chi connectivity index (χ2n) is 9.51. The van der Waals surface area contributed by atoms with Crippen LogP contribution in [0.4, 0.5) is 5.69 Å². The first-order valence-corrected chi connectivity index (χ1v) is 11.2. The molecule has 2 heterocycles. The van der Waals surface area contributed by atoms with Gasteiger partial charge in [-0.1, -0.05) is 23.7 Å². The molecule has 0 aliphatic heterocycles. The van der Waals surface area contributed by atoms with Gasteiger partial charge in [-0.05, 0) is 74.0 Å². The average molecular weight is 440 g/mol. The van der Waals surface area contributed by atoms with Crippen LogP contribution in [-0.2, 0) is 12.0 Å². The normalized spacial score (nSPS) is 28.9. The second kappa shape index (κ2) is 6.88. The van der Waals surface area contributed by atoms with Crippen LogP contribution in [0, 0.1) is 27.9 Å². The topological polar surface area (TPSA) is 99.9 Å². The van der Waals surface area contributed by atoms with E-state index >= 15 is 0 Å². The summed E-state index contributed by atoms with van der Waals surface area (Å²) in [5.74, 6) is 2.60. The zero-order valence-electron chi connectivity index (χ0n) is 16.9. The molecular formula is C22H22ClN5O3. The Kier molecular flexibility index (Phi) is 4.21. The van der Waals surface area contributed by atoms with Gasteiger partial charge >= 0.3 is 5.69 Å². The smallest absolute Gasteiger partial charge is 0.320 e. The number of nitrogens with zero attached hydrogens (tertiary/aromatic N) is 5. The molecule has 0 amide bonds. The van der Waals surface area contributed by atoms with Crippen LogP contribution in [0.5, 0.6) is 0 Å². The number of halogens is 1. The minimum atomic E-state index is -0.403. The molecule has 0 N–H and O–H groups in total. The molecule has 1 aromatic carbocycles.